The summed E-state index contributed by atoms with van der Waals surface area (Å²) in [5.74, 6) is 0.272. The molecule has 0 aliphatic rings. The number of carbonyl (C=O) groups excluding carboxylic acids is 1. The number of hydrogen-bond donors (Lipinski definition) is 2. The minimum atomic E-state index is -4.20. The first-order chi connectivity index (χ1) is 19.1. The van der Waals surface area contributed by atoms with Gasteiger partial charge in [0.15, 0.2) is 0 Å². The van der Waals surface area contributed by atoms with E-state index in [2.05, 4.69) is 10.6 Å². The molecule has 4 aromatic rings. The second kappa shape index (κ2) is 12.0. The normalized spacial score (nSPS) is 11.2. The fraction of sp³-hybridized carbons (Fsp3) is 0.0741. The number of hydrogen-bond acceptors (Lipinski definition) is 9. The van der Waals surface area contributed by atoms with Crippen molar-refractivity contribution in [3.05, 3.63) is 97.1 Å². The summed E-state index contributed by atoms with van der Waals surface area (Å²) in [4.78, 5) is 12.2. The molecule has 0 heterocycles. The van der Waals surface area contributed by atoms with Crippen molar-refractivity contribution < 1.29 is 39.5 Å². The van der Waals surface area contributed by atoms with Crippen molar-refractivity contribution >= 4 is 37.6 Å². The predicted octanol–water partition coefficient (Wildman–Crippen LogP) is 4.88. The van der Waals surface area contributed by atoms with Crippen molar-refractivity contribution in [1.82, 2.24) is 0 Å². The highest BCUT2D eigenvalue weighted by Gasteiger charge is 2.22. The highest BCUT2D eigenvalue weighted by atomic mass is 32.2. The van der Waals surface area contributed by atoms with E-state index in [-0.39, 0.29) is 38.5 Å². The van der Waals surface area contributed by atoms with Crippen molar-refractivity contribution in [1.29, 1.82) is 0 Å². The Kier molecular flexibility index (Phi) is 8.46. The van der Waals surface area contributed by atoms with E-state index in [1.165, 1.54) is 80.9 Å². The van der Waals surface area contributed by atoms with Crippen LogP contribution < -0.4 is 28.5 Å². The van der Waals surface area contributed by atoms with E-state index in [1.807, 2.05) is 0 Å². The maximum absolute atomic E-state index is 12.7. The number of para-hydroxylation sites is 2. The number of carbonyl (C=O) groups is 1. The number of rotatable bonds is 10. The van der Waals surface area contributed by atoms with Gasteiger partial charge >= 0.3 is 26.3 Å². The molecule has 208 valence electrons. The van der Waals surface area contributed by atoms with Gasteiger partial charge in [0.2, 0.25) is 0 Å². The largest absolute Gasteiger partial charge is 0.495 e. The number of ether oxygens (including phenoxy) is 2. The van der Waals surface area contributed by atoms with Crippen molar-refractivity contribution in [2.75, 3.05) is 24.9 Å². The lowest BCUT2D eigenvalue weighted by Crippen LogP contribution is -2.19. The highest BCUT2D eigenvalue weighted by Crippen LogP contribution is 2.29. The lowest BCUT2D eigenvalue weighted by molar-refractivity contribution is 0.262. The molecule has 4 rings (SSSR count). The van der Waals surface area contributed by atoms with Gasteiger partial charge in [-0.2, -0.15) is 16.8 Å². The first kappa shape index (κ1) is 28.3. The topological polar surface area (TPSA) is 146 Å². The SMILES string of the molecule is COc1ccccc1S(=O)(=O)Oc1ccc(NC(=O)Nc2cccc(OS(=O)(=O)c3ccccc3OC)c2)cc1. The molecule has 0 unspecified atom stereocenters. The summed E-state index contributed by atoms with van der Waals surface area (Å²) in [5, 5.41) is 5.16. The van der Waals surface area contributed by atoms with Gasteiger partial charge in [-0.05, 0) is 60.7 Å². The van der Waals surface area contributed by atoms with Crippen LogP contribution in [0.25, 0.3) is 0 Å². The van der Waals surface area contributed by atoms with Gasteiger partial charge < -0.3 is 28.5 Å². The lowest BCUT2D eigenvalue weighted by atomic mass is 10.3. The maximum Gasteiger partial charge on any atom is 0.342 e. The van der Waals surface area contributed by atoms with Crippen LogP contribution in [0.3, 0.4) is 0 Å². The van der Waals surface area contributed by atoms with Gasteiger partial charge in [0.1, 0.15) is 32.8 Å². The average molecular weight is 585 g/mol. The van der Waals surface area contributed by atoms with E-state index in [1.54, 1.807) is 30.3 Å². The van der Waals surface area contributed by atoms with Crippen molar-refractivity contribution in [2.24, 2.45) is 0 Å². The summed E-state index contributed by atoms with van der Waals surface area (Å²) in [6, 6.07) is 22.9. The zero-order chi connectivity index (χ0) is 28.8. The smallest absolute Gasteiger partial charge is 0.342 e. The zero-order valence-corrected chi connectivity index (χ0v) is 22.9. The molecule has 0 fully saturated rings. The van der Waals surface area contributed by atoms with Gasteiger partial charge in [0.25, 0.3) is 0 Å². The Morgan fingerprint density at radius 2 is 1.07 bits per heavy atom. The quantitative estimate of drug-likeness (QED) is 0.249. The summed E-state index contributed by atoms with van der Waals surface area (Å²) in [7, 11) is -5.66. The Labute approximate surface area is 231 Å². The monoisotopic (exact) mass is 584 g/mol. The van der Waals surface area contributed by atoms with Gasteiger partial charge in [-0.1, -0.05) is 30.3 Å². The van der Waals surface area contributed by atoms with E-state index >= 15 is 0 Å². The molecule has 0 spiro atoms. The molecule has 0 saturated carbocycles. The van der Waals surface area contributed by atoms with Gasteiger partial charge in [-0.15, -0.1) is 0 Å². The molecule has 0 atom stereocenters. The Hall–Kier alpha value is -4.75. The van der Waals surface area contributed by atoms with Crippen LogP contribution in [0, 0.1) is 0 Å². The number of methoxy groups -OCH3 is 2. The number of amides is 2. The first-order valence-corrected chi connectivity index (χ1v) is 14.4. The molecule has 2 N–H and O–H groups in total. The predicted molar refractivity (Wildman–Crippen MR) is 147 cm³/mol. The molecule has 40 heavy (non-hydrogen) atoms. The number of benzene rings is 4. The molecule has 2 amide bonds. The van der Waals surface area contributed by atoms with Crippen LogP contribution in [0.5, 0.6) is 23.0 Å². The summed E-state index contributed by atoms with van der Waals surface area (Å²) in [6.07, 6.45) is 0. The molecule has 4 aromatic carbocycles. The van der Waals surface area contributed by atoms with Crippen LogP contribution >= 0.6 is 0 Å². The first-order valence-electron chi connectivity index (χ1n) is 11.5. The van der Waals surface area contributed by atoms with Crippen LogP contribution in [0.1, 0.15) is 0 Å². The zero-order valence-electron chi connectivity index (χ0n) is 21.2. The van der Waals surface area contributed by atoms with Crippen molar-refractivity contribution in [2.45, 2.75) is 9.79 Å². The molecule has 11 nitrogen and oxygen atoms in total. The van der Waals surface area contributed by atoms with Crippen LogP contribution in [0.4, 0.5) is 16.2 Å². The summed E-state index contributed by atoms with van der Waals surface area (Å²) in [5.41, 5.74) is 0.596. The number of nitrogens with one attached hydrogen (secondary N) is 2. The van der Waals surface area contributed by atoms with E-state index in [0.717, 1.165) is 0 Å². The van der Waals surface area contributed by atoms with Crippen LogP contribution in [-0.2, 0) is 20.2 Å². The van der Waals surface area contributed by atoms with Crippen molar-refractivity contribution in [3.63, 3.8) is 0 Å². The Bertz CT molecular complexity index is 1720. The molecule has 0 aliphatic heterocycles. The van der Waals surface area contributed by atoms with E-state index in [4.69, 9.17) is 17.8 Å². The van der Waals surface area contributed by atoms with Gasteiger partial charge in [0, 0.05) is 17.4 Å². The number of urea groups is 1. The minimum absolute atomic E-state index is 0.0259. The second-order valence-electron chi connectivity index (χ2n) is 8.01. The number of anilines is 2. The molecule has 0 aromatic heterocycles. The molecular formula is C27H24N2O9S2. The fourth-order valence-electron chi connectivity index (χ4n) is 3.51. The van der Waals surface area contributed by atoms with Crippen LogP contribution in [-0.4, -0.2) is 37.1 Å². The van der Waals surface area contributed by atoms with Gasteiger partial charge in [-0.25, -0.2) is 4.79 Å². The third-order valence-electron chi connectivity index (χ3n) is 5.29. The molecule has 0 bridgehead atoms. The summed E-state index contributed by atoms with van der Waals surface area (Å²) >= 11 is 0. The fourth-order valence-corrected chi connectivity index (χ4v) is 5.69. The third-order valence-corrected chi connectivity index (χ3v) is 7.87. The lowest BCUT2D eigenvalue weighted by Gasteiger charge is -2.12. The van der Waals surface area contributed by atoms with E-state index in [0.29, 0.717) is 5.69 Å². The third kappa shape index (κ3) is 6.81. The molecular weight excluding hydrogens is 560 g/mol. The molecule has 0 radical (unpaired) electrons. The Balaban J connectivity index is 1.39. The Morgan fingerprint density at radius 3 is 1.62 bits per heavy atom. The van der Waals surface area contributed by atoms with Crippen LogP contribution in [0.15, 0.2) is 107 Å². The molecule has 13 heteroatoms. The van der Waals surface area contributed by atoms with Crippen molar-refractivity contribution in [3.8, 4) is 23.0 Å². The standard InChI is InChI=1S/C27H24N2O9S2/c1-35-23-10-3-5-12-25(23)39(31,32)37-21-16-14-19(15-17-21)28-27(30)29-20-8-7-9-22(18-20)38-40(33,34)26-13-6-4-11-24(26)36-2/h3-18H,1-2H3,(H2,28,29,30). The maximum atomic E-state index is 12.7. The second-order valence-corrected chi connectivity index (χ2v) is 11.0. The summed E-state index contributed by atoms with van der Waals surface area (Å²) < 4.78 is 71.3. The molecule has 0 saturated heterocycles. The van der Waals surface area contributed by atoms with Gasteiger partial charge in [-0.3, -0.25) is 0 Å². The Morgan fingerprint density at radius 1 is 0.575 bits per heavy atom. The summed E-state index contributed by atoms with van der Waals surface area (Å²) in [6.45, 7) is 0. The average Bonchev–Trinajstić information content (AvgIpc) is 2.93. The van der Waals surface area contributed by atoms with Gasteiger partial charge in [0.05, 0.1) is 14.2 Å². The van der Waals surface area contributed by atoms with E-state index < -0.39 is 26.3 Å². The highest BCUT2D eigenvalue weighted by molar-refractivity contribution is 7.87. The minimum Gasteiger partial charge on any atom is -0.495 e. The molecule has 0 aliphatic carbocycles. The van der Waals surface area contributed by atoms with E-state index in [9.17, 15) is 21.6 Å². The van der Waals surface area contributed by atoms with Crippen LogP contribution in [0.2, 0.25) is 0 Å².